The van der Waals surface area contributed by atoms with Gasteiger partial charge in [0.2, 0.25) is 5.28 Å². The fraction of sp³-hybridized carbons (Fsp3) is 0.333. The van der Waals surface area contributed by atoms with Gasteiger partial charge < -0.3 is 14.2 Å². The predicted molar refractivity (Wildman–Crippen MR) is 84.8 cm³/mol. The Balaban J connectivity index is 2.28. The molecule has 0 saturated heterocycles. The van der Waals surface area contributed by atoms with Gasteiger partial charge in [0.25, 0.3) is 0 Å². The maximum absolute atomic E-state index is 6.38. The zero-order valence-corrected chi connectivity index (χ0v) is 14.0. The quantitative estimate of drug-likeness (QED) is 0.746. The van der Waals surface area contributed by atoms with Crippen LogP contribution in [0.15, 0.2) is 18.5 Å². The number of halogens is 2. The van der Waals surface area contributed by atoms with E-state index in [0.29, 0.717) is 23.1 Å². The number of ether oxygens (including phenoxy) is 3. The number of nitrogens with zero attached hydrogens (tertiary/aromatic N) is 2. The Labute approximate surface area is 139 Å². The van der Waals surface area contributed by atoms with Crippen molar-refractivity contribution in [3.63, 3.8) is 0 Å². The molecule has 1 heterocycles. The van der Waals surface area contributed by atoms with Gasteiger partial charge >= 0.3 is 0 Å². The van der Waals surface area contributed by atoms with E-state index in [-0.39, 0.29) is 11.9 Å². The van der Waals surface area contributed by atoms with E-state index in [1.54, 1.807) is 14.2 Å². The minimum Gasteiger partial charge on any atom is -0.495 e. The van der Waals surface area contributed by atoms with Crippen molar-refractivity contribution in [2.45, 2.75) is 20.1 Å². The maximum atomic E-state index is 6.38. The Morgan fingerprint density at radius 2 is 1.77 bits per heavy atom. The van der Waals surface area contributed by atoms with Crippen LogP contribution in [0.25, 0.3) is 0 Å². The second kappa shape index (κ2) is 7.63. The molecule has 0 unspecified atom stereocenters. The van der Waals surface area contributed by atoms with E-state index in [0.717, 1.165) is 16.7 Å². The molecule has 0 aliphatic heterocycles. The van der Waals surface area contributed by atoms with Crippen LogP contribution in [0.3, 0.4) is 0 Å². The van der Waals surface area contributed by atoms with Crippen molar-refractivity contribution >= 4 is 23.2 Å². The summed E-state index contributed by atoms with van der Waals surface area (Å²) >= 11 is 12.0. The smallest absolute Gasteiger partial charge is 0.222 e. The van der Waals surface area contributed by atoms with Crippen molar-refractivity contribution < 1.29 is 14.2 Å². The number of benzene rings is 1. The largest absolute Gasteiger partial charge is 0.495 e. The normalized spacial score (nSPS) is 10.6. The standard InChI is InChI=1S/C15H16Cl2N2O3/c1-9-10(7-20-2)4-13(21-3)14(16)12(9)8-22-11-5-18-15(17)19-6-11/h4-6H,7-8H2,1-3H3. The first-order valence-electron chi connectivity index (χ1n) is 6.51. The molecule has 1 aromatic carbocycles. The number of methoxy groups -OCH3 is 2. The SMILES string of the molecule is COCc1cc(OC)c(Cl)c(COc2cnc(Cl)nc2)c1C. The Morgan fingerprint density at radius 1 is 1.09 bits per heavy atom. The second-order valence-electron chi connectivity index (χ2n) is 4.56. The van der Waals surface area contributed by atoms with E-state index < -0.39 is 0 Å². The van der Waals surface area contributed by atoms with Crippen molar-refractivity contribution in [3.8, 4) is 11.5 Å². The van der Waals surface area contributed by atoms with Gasteiger partial charge in [0.1, 0.15) is 12.4 Å². The molecule has 5 nitrogen and oxygen atoms in total. The summed E-state index contributed by atoms with van der Waals surface area (Å²) in [4.78, 5) is 7.74. The van der Waals surface area contributed by atoms with Gasteiger partial charge in [-0.05, 0) is 35.7 Å². The van der Waals surface area contributed by atoms with Crippen molar-refractivity contribution in [2.75, 3.05) is 14.2 Å². The average molecular weight is 343 g/mol. The predicted octanol–water partition coefficient (Wildman–Crippen LogP) is 3.83. The van der Waals surface area contributed by atoms with Crippen LogP contribution in [-0.4, -0.2) is 24.2 Å². The van der Waals surface area contributed by atoms with Crippen LogP contribution in [0.2, 0.25) is 10.3 Å². The van der Waals surface area contributed by atoms with Gasteiger partial charge in [-0.2, -0.15) is 0 Å². The van der Waals surface area contributed by atoms with E-state index in [2.05, 4.69) is 9.97 Å². The highest BCUT2D eigenvalue weighted by molar-refractivity contribution is 6.33. The average Bonchev–Trinajstić information content (AvgIpc) is 2.52. The number of hydrogen-bond acceptors (Lipinski definition) is 5. The molecule has 0 amide bonds. The van der Waals surface area contributed by atoms with Crippen molar-refractivity contribution in [2.24, 2.45) is 0 Å². The molecule has 0 aliphatic carbocycles. The van der Waals surface area contributed by atoms with Crippen LogP contribution in [0.4, 0.5) is 0 Å². The summed E-state index contributed by atoms with van der Waals surface area (Å²) in [6.07, 6.45) is 3.02. The van der Waals surface area contributed by atoms with Gasteiger partial charge in [-0.25, -0.2) is 9.97 Å². The fourth-order valence-corrected chi connectivity index (χ4v) is 2.42. The lowest BCUT2D eigenvalue weighted by atomic mass is 10.0. The Hall–Kier alpha value is -1.56. The summed E-state index contributed by atoms with van der Waals surface area (Å²) < 4.78 is 16.2. The first-order valence-corrected chi connectivity index (χ1v) is 7.26. The lowest BCUT2D eigenvalue weighted by molar-refractivity contribution is 0.183. The molecule has 2 aromatic rings. The van der Waals surface area contributed by atoms with Crippen LogP contribution < -0.4 is 9.47 Å². The number of rotatable bonds is 6. The molecule has 0 fully saturated rings. The van der Waals surface area contributed by atoms with Gasteiger partial charge in [0, 0.05) is 12.7 Å². The highest BCUT2D eigenvalue weighted by Crippen LogP contribution is 2.34. The lowest BCUT2D eigenvalue weighted by Crippen LogP contribution is -2.05. The molecule has 118 valence electrons. The summed E-state index contributed by atoms with van der Waals surface area (Å²) in [7, 11) is 3.21. The third kappa shape index (κ3) is 3.80. The van der Waals surface area contributed by atoms with Gasteiger partial charge in [0.15, 0.2) is 5.75 Å². The van der Waals surface area contributed by atoms with Gasteiger partial charge in [-0.1, -0.05) is 11.6 Å². The highest BCUT2D eigenvalue weighted by atomic mass is 35.5. The van der Waals surface area contributed by atoms with Crippen molar-refractivity contribution in [1.82, 2.24) is 9.97 Å². The Bertz CT molecular complexity index is 648. The van der Waals surface area contributed by atoms with Gasteiger partial charge in [-0.15, -0.1) is 0 Å². The molecular weight excluding hydrogens is 327 g/mol. The monoisotopic (exact) mass is 342 g/mol. The maximum Gasteiger partial charge on any atom is 0.222 e. The molecule has 0 saturated carbocycles. The zero-order valence-electron chi connectivity index (χ0n) is 12.5. The van der Waals surface area contributed by atoms with E-state index in [4.69, 9.17) is 37.4 Å². The molecule has 0 aliphatic rings. The highest BCUT2D eigenvalue weighted by Gasteiger charge is 2.15. The molecule has 0 bridgehead atoms. The van der Waals surface area contributed by atoms with E-state index in [9.17, 15) is 0 Å². The molecular formula is C15H16Cl2N2O3. The third-order valence-corrected chi connectivity index (χ3v) is 3.83. The third-order valence-electron chi connectivity index (χ3n) is 3.22. The molecule has 0 atom stereocenters. The van der Waals surface area contributed by atoms with Crippen LogP contribution in [-0.2, 0) is 18.0 Å². The van der Waals surface area contributed by atoms with Crippen molar-refractivity contribution in [1.29, 1.82) is 0 Å². The summed E-state index contributed by atoms with van der Waals surface area (Å²) in [5.74, 6) is 1.10. The summed E-state index contributed by atoms with van der Waals surface area (Å²) in [5, 5.41) is 0.694. The van der Waals surface area contributed by atoms with Crippen LogP contribution in [0.5, 0.6) is 11.5 Å². The molecule has 22 heavy (non-hydrogen) atoms. The fourth-order valence-electron chi connectivity index (χ4n) is 1.99. The van der Waals surface area contributed by atoms with E-state index in [1.165, 1.54) is 12.4 Å². The first-order chi connectivity index (χ1) is 10.6. The minimum atomic E-state index is 0.172. The molecule has 0 radical (unpaired) electrons. The first kappa shape index (κ1) is 16.8. The summed E-state index contributed by atoms with van der Waals surface area (Å²) in [6.45, 7) is 2.71. The molecule has 7 heteroatoms. The second-order valence-corrected chi connectivity index (χ2v) is 5.28. The van der Waals surface area contributed by atoms with Crippen LogP contribution in [0.1, 0.15) is 16.7 Å². The number of hydrogen-bond donors (Lipinski definition) is 0. The number of aromatic nitrogens is 2. The lowest BCUT2D eigenvalue weighted by Gasteiger charge is -2.16. The minimum absolute atomic E-state index is 0.172. The van der Waals surface area contributed by atoms with Crippen LogP contribution >= 0.6 is 23.2 Å². The Morgan fingerprint density at radius 3 is 2.36 bits per heavy atom. The Kier molecular flexibility index (Phi) is 5.83. The summed E-state index contributed by atoms with van der Waals surface area (Å²) in [6, 6.07) is 1.87. The van der Waals surface area contributed by atoms with E-state index in [1.807, 2.05) is 13.0 Å². The van der Waals surface area contributed by atoms with Crippen molar-refractivity contribution in [3.05, 3.63) is 45.5 Å². The molecule has 0 spiro atoms. The van der Waals surface area contributed by atoms with E-state index >= 15 is 0 Å². The molecule has 1 aromatic heterocycles. The van der Waals surface area contributed by atoms with Gasteiger partial charge in [0.05, 0.1) is 31.1 Å². The van der Waals surface area contributed by atoms with Crippen LogP contribution in [0, 0.1) is 6.92 Å². The molecule has 2 rings (SSSR count). The summed E-state index contributed by atoms with van der Waals surface area (Å²) in [5.41, 5.74) is 2.83. The van der Waals surface area contributed by atoms with Gasteiger partial charge in [-0.3, -0.25) is 0 Å². The zero-order chi connectivity index (χ0) is 16.1. The topological polar surface area (TPSA) is 53.5 Å². The molecule has 0 N–H and O–H groups in total.